The fourth-order valence-electron chi connectivity index (χ4n) is 20.0. The molecule has 0 amide bonds. The highest BCUT2D eigenvalue weighted by Gasteiger charge is 2.29. The van der Waals surface area contributed by atoms with Crippen LogP contribution in [0.1, 0.15) is 0 Å². The Kier molecular flexibility index (Phi) is 11.4. The predicted octanol–water partition coefficient (Wildman–Crippen LogP) is 27.5. The van der Waals surface area contributed by atoms with Gasteiger partial charge in [-0.25, -0.2) is 0 Å². The molecular formula is C102H56N6O2. The van der Waals surface area contributed by atoms with Crippen molar-refractivity contribution in [2.45, 2.75) is 0 Å². The topological polar surface area (TPSA) is 71.8 Å². The van der Waals surface area contributed by atoms with Gasteiger partial charge < -0.3 is 27.1 Å². The van der Waals surface area contributed by atoms with Gasteiger partial charge in [0.1, 0.15) is 22.3 Å². The van der Waals surface area contributed by atoms with Crippen molar-refractivity contribution in [1.82, 2.24) is 28.2 Å². The van der Waals surface area contributed by atoms with Crippen LogP contribution in [0.2, 0.25) is 0 Å². The summed E-state index contributed by atoms with van der Waals surface area (Å²) in [5.74, 6) is 0. The number of hydrogen-bond donors (Lipinski definition) is 0. The lowest BCUT2D eigenvalue weighted by molar-refractivity contribution is 0.669. The first kappa shape index (κ1) is 58.4. The molecule has 506 valence electrons. The molecule has 0 spiro atoms. The maximum atomic E-state index is 7.43. The molecule has 0 N–H and O–H groups in total. The maximum Gasteiger partial charge on any atom is 0.137 e. The molecule has 0 aliphatic rings. The lowest BCUT2D eigenvalue weighted by atomic mass is 9.86. The first-order chi connectivity index (χ1) is 54.6. The summed E-state index contributed by atoms with van der Waals surface area (Å²) in [6.07, 6.45) is 7.78. The number of fused-ring (bicyclic) bond motifs is 16. The van der Waals surface area contributed by atoms with E-state index in [2.05, 4.69) is 334 Å². The molecule has 0 aliphatic heterocycles. The molecule has 0 unspecified atom stereocenters. The minimum atomic E-state index is 0.805. The van der Waals surface area contributed by atoms with Crippen LogP contribution in [0.25, 0.3) is 252 Å². The van der Waals surface area contributed by atoms with Crippen molar-refractivity contribution in [2.75, 3.05) is 0 Å². The van der Waals surface area contributed by atoms with Crippen LogP contribution in [0.3, 0.4) is 0 Å². The molecule has 0 radical (unpaired) electrons. The molecule has 6 heterocycles. The van der Waals surface area contributed by atoms with Gasteiger partial charge in [0.15, 0.2) is 0 Å². The lowest BCUT2D eigenvalue weighted by Gasteiger charge is -2.26. The van der Waals surface area contributed by atoms with E-state index in [0.29, 0.717) is 0 Å². The Labute approximate surface area is 624 Å². The van der Waals surface area contributed by atoms with Crippen LogP contribution in [0.4, 0.5) is 0 Å². The summed E-state index contributed by atoms with van der Waals surface area (Å²) in [5.41, 5.74) is 19.8. The number of benzene rings is 20. The maximum absolute atomic E-state index is 7.43. The van der Waals surface area contributed by atoms with Crippen molar-refractivity contribution in [1.29, 1.82) is 0 Å². The van der Waals surface area contributed by atoms with E-state index in [0.717, 1.165) is 165 Å². The number of rotatable bonds is 6. The first-order valence-corrected chi connectivity index (χ1v) is 37.7. The van der Waals surface area contributed by atoms with Gasteiger partial charge in [-0.1, -0.05) is 206 Å². The summed E-state index contributed by atoms with van der Waals surface area (Å²) in [5, 5.41) is 30.7. The number of para-hydroxylation sites is 6. The monoisotopic (exact) mass is 1400 g/mol. The van der Waals surface area contributed by atoms with Gasteiger partial charge in [0.05, 0.1) is 55.5 Å². The minimum absolute atomic E-state index is 0.805. The van der Waals surface area contributed by atoms with Gasteiger partial charge in [0, 0.05) is 103 Å². The average Bonchev–Trinajstić information content (AvgIpc) is 1.29. The van der Waals surface area contributed by atoms with Crippen LogP contribution in [0.15, 0.2) is 349 Å². The smallest absolute Gasteiger partial charge is 0.137 e. The van der Waals surface area contributed by atoms with Gasteiger partial charge in [-0.2, -0.15) is 0 Å². The Bertz CT molecular complexity index is 8060. The zero-order valence-corrected chi connectivity index (χ0v) is 58.8. The van der Waals surface area contributed by atoms with E-state index in [1.807, 2.05) is 24.8 Å². The molecule has 26 aromatic rings. The van der Waals surface area contributed by atoms with Gasteiger partial charge in [-0.3, -0.25) is 9.97 Å². The second kappa shape index (κ2) is 21.4. The lowest BCUT2D eigenvalue weighted by Crippen LogP contribution is -2.10. The van der Waals surface area contributed by atoms with Gasteiger partial charge in [0.2, 0.25) is 0 Å². The highest BCUT2D eigenvalue weighted by Crippen LogP contribution is 2.53. The van der Waals surface area contributed by atoms with Crippen molar-refractivity contribution >= 4 is 207 Å². The highest BCUT2D eigenvalue weighted by atomic mass is 16.3. The number of aromatic nitrogens is 6. The predicted molar refractivity (Wildman–Crippen MR) is 459 cm³/mol. The zero-order chi connectivity index (χ0) is 71.3. The van der Waals surface area contributed by atoms with E-state index in [1.54, 1.807) is 0 Å². The van der Waals surface area contributed by atoms with Gasteiger partial charge in [-0.05, 0) is 205 Å². The Morgan fingerprint density at radius 3 is 0.964 bits per heavy atom. The molecule has 0 saturated heterocycles. The molecule has 0 bridgehead atoms. The summed E-state index contributed by atoms with van der Waals surface area (Å²) >= 11 is 0. The van der Waals surface area contributed by atoms with E-state index in [-0.39, 0.29) is 0 Å². The molecule has 0 aliphatic carbocycles. The summed E-state index contributed by atoms with van der Waals surface area (Å²) < 4.78 is 24.8. The van der Waals surface area contributed by atoms with Crippen molar-refractivity contribution in [3.8, 4) is 45.0 Å². The van der Waals surface area contributed by atoms with Crippen molar-refractivity contribution in [3.05, 3.63) is 340 Å². The van der Waals surface area contributed by atoms with Crippen LogP contribution < -0.4 is 0 Å². The summed E-state index contributed by atoms with van der Waals surface area (Å²) in [7, 11) is 0. The van der Waals surface area contributed by atoms with E-state index < -0.39 is 0 Å². The first-order valence-electron chi connectivity index (χ1n) is 37.7. The normalized spacial score (nSPS) is 12.5. The third-order valence-electron chi connectivity index (χ3n) is 24.4. The molecular weight excluding hydrogens is 1340 g/mol. The molecule has 8 heteroatoms. The summed E-state index contributed by atoms with van der Waals surface area (Å²) in [6, 6.07) is 117. The third-order valence-corrected chi connectivity index (χ3v) is 24.4. The van der Waals surface area contributed by atoms with Crippen LogP contribution in [0.5, 0.6) is 0 Å². The number of nitrogens with zero attached hydrogens (tertiary/aromatic N) is 6. The Balaban J connectivity index is 0.806. The quantitative estimate of drug-likeness (QED) is 0.123. The standard InChI is InChI=1S/C102H56N6O2/c1-3-25-61(26-4-1)105-81-37-7-9-39-83(81)107(89-53-91-79(49-87(89)105)99-73-35-15-33-65-63-29-11-19-57-21-13-31-67(95(57)63)77(97(65)73)51-93(99)109-91)85-47-75(59-23-17-45-103-55-59)69-42-44-72-86(48-76(60-24-18-46-104-56-60)70-41-43-71(85)101(69)102(70)72)108-84-40-10-8-38-82(84)106(62-27-5-2-6-28-62)88-50-80-92(54-90(88)108)110-94-52-78-68-32-14-22-58-20-12-30-64(96(58)68)66-34-16-36-74(98(66)78)100(80)94/h1-56H. The molecule has 0 saturated carbocycles. The van der Waals surface area contributed by atoms with Gasteiger partial charge in [0.25, 0.3) is 0 Å². The number of furan rings is 2. The van der Waals surface area contributed by atoms with Crippen molar-refractivity contribution in [2.24, 2.45) is 0 Å². The van der Waals surface area contributed by atoms with Crippen LogP contribution >= 0.6 is 0 Å². The fourth-order valence-corrected chi connectivity index (χ4v) is 20.0. The molecule has 8 nitrogen and oxygen atoms in total. The van der Waals surface area contributed by atoms with Crippen LogP contribution in [-0.2, 0) is 0 Å². The third kappa shape index (κ3) is 7.67. The molecule has 6 aromatic heterocycles. The molecule has 26 rings (SSSR count). The molecule has 20 aromatic carbocycles. The summed E-state index contributed by atoms with van der Waals surface area (Å²) in [6.45, 7) is 0. The average molecular weight is 1400 g/mol. The summed E-state index contributed by atoms with van der Waals surface area (Å²) in [4.78, 5) is 9.74. The van der Waals surface area contributed by atoms with E-state index in [4.69, 9.17) is 18.8 Å². The van der Waals surface area contributed by atoms with Crippen LogP contribution in [0, 0.1) is 0 Å². The Hall–Kier alpha value is -14.9. The number of hydrogen-bond acceptors (Lipinski definition) is 4. The fraction of sp³-hybridized carbons (Fsp3) is 0. The molecule has 0 fully saturated rings. The van der Waals surface area contributed by atoms with Crippen LogP contribution in [-0.4, -0.2) is 28.2 Å². The SMILES string of the molecule is c1ccc(-n2c3ccccc3n(-c3cc(-c4cccnc4)c4ccc5c(-n6c7ccccc7n(-c7ccccc7)c7cc8c(cc76)oc6cc7c9cccc%10cccc(c%11cccc(c68)c%117)c%109)cc(-c6cccnc6)c6ccc3c4c65)c3cc4oc5cc6c7cccc8cccc(c9cccc(c5c4cc32)c96)c87)cc1. The van der Waals surface area contributed by atoms with E-state index >= 15 is 0 Å². The minimum Gasteiger partial charge on any atom is -0.456 e. The Morgan fingerprint density at radius 1 is 0.200 bits per heavy atom. The molecule has 110 heavy (non-hydrogen) atoms. The van der Waals surface area contributed by atoms with Gasteiger partial charge in [-0.15, -0.1) is 0 Å². The van der Waals surface area contributed by atoms with Crippen molar-refractivity contribution in [3.63, 3.8) is 0 Å². The van der Waals surface area contributed by atoms with Gasteiger partial charge >= 0.3 is 0 Å². The van der Waals surface area contributed by atoms with Crippen molar-refractivity contribution < 1.29 is 8.83 Å². The second-order valence-corrected chi connectivity index (χ2v) is 29.8. The Morgan fingerprint density at radius 2 is 0.555 bits per heavy atom. The van der Waals surface area contributed by atoms with E-state index in [1.165, 1.54) is 86.2 Å². The van der Waals surface area contributed by atoms with E-state index in [9.17, 15) is 0 Å². The highest BCUT2D eigenvalue weighted by molar-refractivity contribution is 6.40. The second-order valence-electron chi connectivity index (χ2n) is 29.8. The number of pyridine rings is 2. The zero-order valence-electron chi connectivity index (χ0n) is 58.8. The largest absolute Gasteiger partial charge is 0.456 e. The molecule has 0 atom stereocenters.